The molecule has 4 heterocycles. The predicted octanol–water partition coefficient (Wildman–Crippen LogP) is 1.52. The summed E-state index contributed by atoms with van der Waals surface area (Å²) in [4.78, 5) is 14.6. The largest absolute Gasteiger partial charge is 0.381 e. The van der Waals surface area contributed by atoms with E-state index in [1.54, 1.807) is 6.20 Å². The maximum atomic E-state index is 12.3. The lowest BCUT2D eigenvalue weighted by atomic mass is 10.1. The van der Waals surface area contributed by atoms with Gasteiger partial charge in [0.05, 0.1) is 24.5 Å². The fourth-order valence-electron chi connectivity index (χ4n) is 3.36. The molecule has 25 heavy (non-hydrogen) atoms. The number of nitrogens with one attached hydrogen (secondary N) is 2. The first-order chi connectivity index (χ1) is 12.2. The molecule has 1 fully saturated rings. The molecule has 0 radical (unpaired) electrons. The zero-order chi connectivity index (χ0) is 17.2. The highest BCUT2D eigenvalue weighted by Gasteiger charge is 2.20. The molecule has 2 aliphatic heterocycles. The van der Waals surface area contributed by atoms with Gasteiger partial charge in [-0.05, 0) is 19.9 Å². The number of carbonyl (C=O) groups is 1. The summed E-state index contributed by atoms with van der Waals surface area (Å²) in [5.74, 6) is 1.26. The molecule has 0 saturated carbocycles. The lowest BCUT2D eigenvalue weighted by Crippen LogP contribution is -2.30. The van der Waals surface area contributed by atoms with Crippen molar-refractivity contribution in [2.75, 3.05) is 37.4 Å². The molecule has 0 spiro atoms. The van der Waals surface area contributed by atoms with E-state index in [4.69, 9.17) is 4.74 Å². The second-order valence-corrected chi connectivity index (χ2v) is 6.57. The smallest absolute Gasteiger partial charge is 0.326 e. The first kappa shape index (κ1) is 16.1. The molecule has 2 aliphatic rings. The Morgan fingerprint density at radius 2 is 2.12 bits per heavy atom. The normalized spacial score (nSPS) is 18.8. The Kier molecular flexibility index (Phi) is 4.41. The number of likely N-dealkylation sites (N-methyl/N-ethyl adjacent to an activating group) is 1. The summed E-state index contributed by atoms with van der Waals surface area (Å²) < 4.78 is 9.21. The van der Waals surface area contributed by atoms with Gasteiger partial charge in [-0.1, -0.05) is 0 Å². The monoisotopic (exact) mass is 345 g/mol. The van der Waals surface area contributed by atoms with Gasteiger partial charge in [-0.25, -0.2) is 9.48 Å². The Morgan fingerprint density at radius 3 is 2.96 bits per heavy atom. The van der Waals surface area contributed by atoms with E-state index in [-0.39, 0.29) is 12.1 Å². The Balaban J connectivity index is 1.40. The molecule has 134 valence electrons. The molecule has 2 amide bonds. The van der Waals surface area contributed by atoms with Crippen molar-refractivity contribution < 1.29 is 9.53 Å². The molecule has 0 aliphatic carbocycles. The van der Waals surface area contributed by atoms with Crippen molar-refractivity contribution in [3.63, 3.8) is 0 Å². The third-order valence-electron chi connectivity index (χ3n) is 4.68. The Labute approximate surface area is 145 Å². The van der Waals surface area contributed by atoms with E-state index in [1.165, 1.54) is 0 Å². The van der Waals surface area contributed by atoms with Crippen LogP contribution in [0.5, 0.6) is 0 Å². The number of ether oxygens (including phenoxy) is 1. The summed E-state index contributed by atoms with van der Waals surface area (Å²) in [6.45, 7) is 4.10. The number of hydrogen-bond donors (Lipinski definition) is 2. The molecular weight excluding hydrogens is 322 g/mol. The molecule has 0 unspecified atom stereocenters. The van der Waals surface area contributed by atoms with Crippen LogP contribution in [0.4, 0.5) is 16.4 Å². The number of urea groups is 1. The minimum Gasteiger partial charge on any atom is -0.381 e. The van der Waals surface area contributed by atoms with Crippen LogP contribution in [0.15, 0.2) is 18.3 Å². The minimum atomic E-state index is -0.308. The molecule has 2 aromatic rings. The van der Waals surface area contributed by atoms with Gasteiger partial charge in [0.2, 0.25) is 0 Å². The van der Waals surface area contributed by atoms with E-state index < -0.39 is 0 Å². The van der Waals surface area contributed by atoms with Crippen molar-refractivity contribution in [2.45, 2.75) is 32.0 Å². The van der Waals surface area contributed by atoms with Crippen LogP contribution in [0, 0.1) is 0 Å². The van der Waals surface area contributed by atoms with E-state index in [2.05, 4.69) is 32.8 Å². The van der Waals surface area contributed by atoms with Gasteiger partial charge in [-0.2, -0.15) is 10.2 Å². The average Bonchev–Trinajstić information content (AvgIpc) is 3.21. The molecule has 9 heteroatoms. The number of nitrogens with zero attached hydrogens (tertiary/aromatic N) is 5. The third-order valence-corrected chi connectivity index (χ3v) is 4.68. The van der Waals surface area contributed by atoms with Gasteiger partial charge in [-0.15, -0.1) is 0 Å². The van der Waals surface area contributed by atoms with E-state index in [0.717, 1.165) is 51.4 Å². The van der Waals surface area contributed by atoms with Gasteiger partial charge in [0.15, 0.2) is 5.82 Å². The fourth-order valence-corrected chi connectivity index (χ4v) is 3.36. The van der Waals surface area contributed by atoms with E-state index in [1.807, 2.05) is 21.5 Å². The molecule has 4 rings (SSSR count). The molecule has 0 atom stereocenters. The summed E-state index contributed by atoms with van der Waals surface area (Å²) in [5, 5.41) is 14.5. The Hall–Kier alpha value is -2.39. The number of hydrogen-bond acceptors (Lipinski definition) is 5. The van der Waals surface area contributed by atoms with Crippen LogP contribution in [0.1, 0.15) is 24.6 Å². The Morgan fingerprint density at radius 1 is 1.28 bits per heavy atom. The number of rotatable bonds is 3. The van der Waals surface area contributed by atoms with Crippen LogP contribution in [0.25, 0.3) is 0 Å². The SMILES string of the molecule is CN1CCn2nc(NC(=O)Nc3ccnn3C3CCOCC3)cc2C1. The van der Waals surface area contributed by atoms with Crippen molar-refractivity contribution in [1.82, 2.24) is 24.5 Å². The molecule has 2 aromatic heterocycles. The molecule has 9 nitrogen and oxygen atoms in total. The van der Waals surface area contributed by atoms with E-state index in [0.29, 0.717) is 11.6 Å². The van der Waals surface area contributed by atoms with Crippen molar-refractivity contribution >= 4 is 17.7 Å². The highest BCUT2D eigenvalue weighted by atomic mass is 16.5. The van der Waals surface area contributed by atoms with Crippen LogP contribution >= 0.6 is 0 Å². The minimum absolute atomic E-state index is 0.259. The molecule has 1 saturated heterocycles. The van der Waals surface area contributed by atoms with Gasteiger partial charge >= 0.3 is 6.03 Å². The second kappa shape index (κ2) is 6.85. The van der Waals surface area contributed by atoms with Gasteiger partial charge in [-0.3, -0.25) is 20.2 Å². The molecular formula is C16H23N7O2. The number of fused-ring (bicyclic) bond motifs is 1. The standard InChI is InChI=1S/C16H23N7O2/c1-21-6-7-22-13(11-21)10-14(20-22)18-16(24)19-15-2-5-17-23(15)12-3-8-25-9-4-12/h2,5,10,12H,3-4,6-9,11H2,1H3,(H2,18,19,20,24). The van der Waals surface area contributed by atoms with Crippen molar-refractivity contribution in [1.29, 1.82) is 0 Å². The molecule has 0 aromatic carbocycles. The molecule has 0 bridgehead atoms. The van der Waals surface area contributed by atoms with E-state index >= 15 is 0 Å². The first-order valence-electron chi connectivity index (χ1n) is 8.63. The van der Waals surface area contributed by atoms with E-state index in [9.17, 15) is 4.79 Å². The zero-order valence-corrected chi connectivity index (χ0v) is 14.3. The van der Waals surface area contributed by atoms with Gasteiger partial charge < -0.3 is 4.74 Å². The number of aromatic nitrogens is 4. The zero-order valence-electron chi connectivity index (χ0n) is 14.3. The lowest BCUT2D eigenvalue weighted by molar-refractivity contribution is 0.0668. The van der Waals surface area contributed by atoms with Gasteiger partial charge in [0.25, 0.3) is 0 Å². The summed E-state index contributed by atoms with van der Waals surface area (Å²) in [6.07, 6.45) is 3.51. The first-order valence-corrected chi connectivity index (χ1v) is 8.63. The molecule has 2 N–H and O–H groups in total. The topological polar surface area (TPSA) is 89.2 Å². The summed E-state index contributed by atoms with van der Waals surface area (Å²) in [5.41, 5.74) is 1.11. The highest BCUT2D eigenvalue weighted by molar-refractivity contribution is 5.98. The quantitative estimate of drug-likeness (QED) is 0.880. The highest BCUT2D eigenvalue weighted by Crippen LogP contribution is 2.24. The van der Waals surface area contributed by atoms with Crippen LogP contribution in [-0.2, 0) is 17.8 Å². The average molecular weight is 345 g/mol. The second-order valence-electron chi connectivity index (χ2n) is 6.57. The fraction of sp³-hybridized carbons (Fsp3) is 0.562. The number of anilines is 2. The van der Waals surface area contributed by atoms with Gasteiger partial charge in [0.1, 0.15) is 5.82 Å². The van der Waals surface area contributed by atoms with Crippen molar-refractivity contribution in [3.8, 4) is 0 Å². The number of amides is 2. The van der Waals surface area contributed by atoms with Crippen LogP contribution in [-0.4, -0.2) is 57.3 Å². The maximum absolute atomic E-state index is 12.3. The van der Waals surface area contributed by atoms with Crippen LogP contribution in [0.3, 0.4) is 0 Å². The van der Waals surface area contributed by atoms with Gasteiger partial charge in [0, 0.05) is 38.4 Å². The summed E-state index contributed by atoms with van der Waals surface area (Å²) in [6, 6.07) is 3.68. The van der Waals surface area contributed by atoms with Crippen molar-refractivity contribution in [2.24, 2.45) is 0 Å². The van der Waals surface area contributed by atoms with Crippen molar-refractivity contribution in [3.05, 3.63) is 24.0 Å². The third kappa shape index (κ3) is 3.52. The van der Waals surface area contributed by atoms with Crippen LogP contribution in [0.2, 0.25) is 0 Å². The van der Waals surface area contributed by atoms with Crippen LogP contribution < -0.4 is 10.6 Å². The maximum Gasteiger partial charge on any atom is 0.326 e. The Bertz CT molecular complexity index is 748. The number of carbonyl (C=O) groups excluding carboxylic acids is 1. The predicted molar refractivity (Wildman–Crippen MR) is 92.5 cm³/mol. The summed E-state index contributed by atoms with van der Waals surface area (Å²) >= 11 is 0. The summed E-state index contributed by atoms with van der Waals surface area (Å²) in [7, 11) is 2.08. The lowest BCUT2D eigenvalue weighted by Gasteiger charge is -2.24.